The van der Waals surface area contributed by atoms with Gasteiger partial charge in [0, 0.05) is 18.3 Å². The van der Waals surface area contributed by atoms with E-state index in [0.717, 1.165) is 25.1 Å². The maximum atomic E-state index is 11.9. The molecule has 0 radical (unpaired) electrons. The molecule has 1 aromatic rings. The third-order valence-electron chi connectivity index (χ3n) is 3.13. The van der Waals surface area contributed by atoms with E-state index < -0.39 is 0 Å². The summed E-state index contributed by atoms with van der Waals surface area (Å²) in [5, 5.41) is 9.31. The number of carbonyl (C=O) groups excluding carboxylic acids is 1. The SMILES string of the molecule is CCNC(=NCC(=O)Nc1ccccc1)NC1CC=CC1. The van der Waals surface area contributed by atoms with E-state index in [1.807, 2.05) is 37.3 Å². The first-order chi connectivity index (χ1) is 10.3. The van der Waals surface area contributed by atoms with Crippen LogP contribution in [-0.4, -0.2) is 31.0 Å². The molecule has 0 fully saturated rings. The molecule has 0 aromatic heterocycles. The number of nitrogens with one attached hydrogen (secondary N) is 3. The molecule has 0 saturated carbocycles. The molecule has 0 saturated heterocycles. The molecule has 5 nitrogen and oxygen atoms in total. The average molecular weight is 286 g/mol. The number of carbonyl (C=O) groups is 1. The normalized spacial score (nSPS) is 15.0. The highest BCUT2D eigenvalue weighted by molar-refractivity contribution is 5.94. The van der Waals surface area contributed by atoms with Gasteiger partial charge in [-0.25, -0.2) is 4.99 Å². The molecule has 0 unspecified atom stereocenters. The minimum absolute atomic E-state index is 0.102. The second-order valence-corrected chi connectivity index (χ2v) is 4.89. The van der Waals surface area contributed by atoms with Gasteiger partial charge in [-0.15, -0.1) is 0 Å². The number of para-hydroxylation sites is 1. The summed E-state index contributed by atoms with van der Waals surface area (Å²) in [5.74, 6) is 0.567. The maximum absolute atomic E-state index is 11.9. The Labute approximate surface area is 125 Å². The standard InChI is InChI=1S/C16H22N4O/c1-2-17-16(20-14-10-6-7-11-14)18-12-15(21)19-13-8-4-3-5-9-13/h3-9,14H,2,10-12H2,1H3,(H,19,21)(H2,17,18,20). The van der Waals surface area contributed by atoms with Crippen molar-refractivity contribution < 1.29 is 4.79 Å². The van der Waals surface area contributed by atoms with E-state index in [2.05, 4.69) is 33.1 Å². The number of amides is 1. The quantitative estimate of drug-likeness (QED) is 0.440. The summed E-state index contributed by atoms with van der Waals surface area (Å²) in [4.78, 5) is 16.2. The van der Waals surface area contributed by atoms with Crippen LogP contribution in [0.25, 0.3) is 0 Å². The molecule has 21 heavy (non-hydrogen) atoms. The lowest BCUT2D eigenvalue weighted by Gasteiger charge is -2.16. The van der Waals surface area contributed by atoms with Gasteiger partial charge in [-0.1, -0.05) is 30.4 Å². The van der Waals surface area contributed by atoms with Gasteiger partial charge in [-0.2, -0.15) is 0 Å². The van der Waals surface area contributed by atoms with E-state index in [1.54, 1.807) is 0 Å². The molecule has 0 aliphatic heterocycles. The number of benzene rings is 1. The lowest BCUT2D eigenvalue weighted by Crippen LogP contribution is -2.42. The van der Waals surface area contributed by atoms with Crippen LogP contribution in [0.1, 0.15) is 19.8 Å². The first kappa shape index (κ1) is 15.1. The van der Waals surface area contributed by atoms with Gasteiger partial charge in [0.2, 0.25) is 5.91 Å². The second kappa shape index (κ2) is 8.09. The minimum Gasteiger partial charge on any atom is -0.357 e. The summed E-state index contributed by atoms with van der Waals surface area (Å²) < 4.78 is 0. The Hall–Kier alpha value is -2.30. The van der Waals surface area contributed by atoms with Crippen molar-refractivity contribution in [1.29, 1.82) is 0 Å². The maximum Gasteiger partial charge on any atom is 0.246 e. The van der Waals surface area contributed by atoms with Crippen LogP contribution in [0.5, 0.6) is 0 Å². The van der Waals surface area contributed by atoms with Crippen LogP contribution in [0.3, 0.4) is 0 Å². The van der Waals surface area contributed by atoms with Crippen LogP contribution in [0, 0.1) is 0 Å². The van der Waals surface area contributed by atoms with Gasteiger partial charge in [-0.05, 0) is 31.9 Å². The second-order valence-electron chi connectivity index (χ2n) is 4.89. The highest BCUT2D eigenvalue weighted by Gasteiger charge is 2.11. The number of anilines is 1. The average Bonchev–Trinajstić information content (AvgIpc) is 2.99. The Morgan fingerprint density at radius 1 is 1.24 bits per heavy atom. The fourth-order valence-corrected chi connectivity index (χ4v) is 2.12. The molecule has 0 atom stereocenters. The zero-order valence-electron chi connectivity index (χ0n) is 12.3. The monoisotopic (exact) mass is 286 g/mol. The lowest BCUT2D eigenvalue weighted by atomic mass is 10.2. The van der Waals surface area contributed by atoms with Gasteiger partial charge in [-0.3, -0.25) is 4.79 Å². The molecule has 1 aliphatic carbocycles. The van der Waals surface area contributed by atoms with Crippen molar-refractivity contribution in [3.8, 4) is 0 Å². The van der Waals surface area contributed by atoms with E-state index in [1.165, 1.54) is 0 Å². The zero-order valence-corrected chi connectivity index (χ0v) is 12.3. The Kier molecular flexibility index (Phi) is 5.82. The van der Waals surface area contributed by atoms with Crippen LogP contribution in [-0.2, 0) is 4.79 Å². The fraction of sp³-hybridized carbons (Fsp3) is 0.375. The smallest absolute Gasteiger partial charge is 0.246 e. The van der Waals surface area contributed by atoms with Gasteiger partial charge in [0.05, 0.1) is 0 Å². The first-order valence-corrected chi connectivity index (χ1v) is 7.32. The molecule has 2 rings (SSSR count). The zero-order chi connectivity index (χ0) is 14.9. The Morgan fingerprint density at radius 2 is 1.95 bits per heavy atom. The van der Waals surface area contributed by atoms with Gasteiger partial charge in [0.15, 0.2) is 5.96 Å². The highest BCUT2D eigenvalue weighted by atomic mass is 16.1. The molecule has 0 bridgehead atoms. The molecule has 3 N–H and O–H groups in total. The molecule has 1 aromatic carbocycles. The summed E-state index contributed by atoms with van der Waals surface area (Å²) in [7, 11) is 0. The van der Waals surface area contributed by atoms with Crippen LogP contribution >= 0.6 is 0 Å². The molecular formula is C16H22N4O. The summed E-state index contributed by atoms with van der Waals surface area (Å²) in [6.07, 6.45) is 6.31. The predicted octanol–water partition coefficient (Wildman–Crippen LogP) is 1.90. The van der Waals surface area contributed by atoms with Gasteiger partial charge in [0.25, 0.3) is 0 Å². The van der Waals surface area contributed by atoms with Gasteiger partial charge >= 0.3 is 0 Å². The number of aliphatic imine (C=N–C) groups is 1. The third kappa shape index (κ3) is 5.30. The van der Waals surface area contributed by atoms with Gasteiger partial charge < -0.3 is 16.0 Å². The number of hydrogen-bond donors (Lipinski definition) is 3. The van der Waals surface area contributed by atoms with Crippen LogP contribution in [0.2, 0.25) is 0 Å². The number of rotatable bonds is 5. The molecule has 1 aliphatic rings. The van der Waals surface area contributed by atoms with Crippen molar-refractivity contribution in [2.75, 3.05) is 18.4 Å². The highest BCUT2D eigenvalue weighted by Crippen LogP contribution is 2.08. The van der Waals surface area contributed by atoms with Gasteiger partial charge in [0.1, 0.15) is 6.54 Å². The van der Waals surface area contributed by atoms with Crippen LogP contribution < -0.4 is 16.0 Å². The predicted molar refractivity (Wildman–Crippen MR) is 86.3 cm³/mol. The number of nitrogens with zero attached hydrogens (tertiary/aromatic N) is 1. The Balaban J connectivity index is 1.84. The summed E-state index contributed by atoms with van der Waals surface area (Å²) in [6.45, 7) is 2.88. The van der Waals surface area contributed by atoms with E-state index in [4.69, 9.17) is 0 Å². The minimum atomic E-state index is -0.122. The van der Waals surface area contributed by atoms with Crippen LogP contribution in [0.4, 0.5) is 5.69 Å². The molecule has 5 heteroatoms. The summed E-state index contributed by atoms with van der Waals surface area (Å²) in [5.41, 5.74) is 0.788. The van der Waals surface area contributed by atoms with Crippen molar-refractivity contribution >= 4 is 17.6 Å². The molecule has 112 valence electrons. The Morgan fingerprint density at radius 3 is 2.62 bits per heavy atom. The van der Waals surface area contributed by atoms with Crippen LogP contribution in [0.15, 0.2) is 47.5 Å². The van der Waals surface area contributed by atoms with Crippen molar-refractivity contribution in [2.45, 2.75) is 25.8 Å². The van der Waals surface area contributed by atoms with Crippen molar-refractivity contribution in [3.63, 3.8) is 0 Å². The largest absolute Gasteiger partial charge is 0.357 e. The number of guanidine groups is 1. The third-order valence-corrected chi connectivity index (χ3v) is 3.13. The first-order valence-electron chi connectivity index (χ1n) is 7.32. The Bertz CT molecular complexity index is 502. The number of hydrogen-bond acceptors (Lipinski definition) is 2. The van der Waals surface area contributed by atoms with E-state index in [0.29, 0.717) is 12.0 Å². The van der Waals surface area contributed by atoms with Crippen molar-refractivity contribution in [3.05, 3.63) is 42.5 Å². The lowest BCUT2D eigenvalue weighted by molar-refractivity contribution is -0.114. The van der Waals surface area contributed by atoms with Crippen molar-refractivity contribution in [2.24, 2.45) is 4.99 Å². The van der Waals surface area contributed by atoms with E-state index in [9.17, 15) is 4.79 Å². The van der Waals surface area contributed by atoms with E-state index in [-0.39, 0.29) is 12.5 Å². The summed E-state index contributed by atoms with van der Waals surface area (Å²) in [6, 6.07) is 9.77. The summed E-state index contributed by atoms with van der Waals surface area (Å²) >= 11 is 0. The molecule has 1 amide bonds. The van der Waals surface area contributed by atoms with Crippen molar-refractivity contribution in [1.82, 2.24) is 10.6 Å². The van der Waals surface area contributed by atoms with E-state index >= 15 is 0 Å². The molecule has 0 heterocycles. The topological polar surface area (TPSA) is 65.5 Å². The fourth-order valence-electron chi connectivity index (χ4n) is 2.12. The molecular weight excluding hydrogens is 264 g/mol. The molecule has 0 spiro atoms.